The summed E-state index contributed by atoms with van der Waals surface area (Å²) in [7, 11) is 2.05. The second-order valence-electron chi connectivity index (χ2n) is 5.98. The van der Waals surface area contributed by atoms with Gasteiger partial charge in [0, 0.05) is 16.1 Å². The molecule has 1 aliphatic rings. The SMILES string of the molecule is CNC(Cc1c(Cl)cccc1Cl)CC1CCCCCC1. The Hall–Kier alpha value is -0.240. The number of benzene rings is 1. The highest BCUT2D eigenvalue weighted by Gasteiger charge is 2.19. The highest BCUT2D eigenvalue weighted by atomic mass is 35.5. The Morgan fingerprint density at radius 1 is 1.10 bits per heavy atom. The van der Waals surface area contributed by atoms with Crippen LogP contribution in [-0.4, -0.2) is 13.1 Å². The maximum absolute atomic E-state index is 6.29. The summed E-state index contributed by atoms with van der Waals surface area (Å²) in [6.07, 6.45) is 10.5. The molecule has 0 amide bonds. The van der Waals surface area contributed by atoms with E-state index in [-0.39, 0.29) is 0 Å². The molecule has 0 aliphatic heterocycles. The van der Waals surface area contributed by atoms with Gasteiger partial charge < -0.3 is 5.32 Å². The third-order valence-corrected chi connectivity index (χ3v) is 5.22. The van der Waals surface area contributed by atoms with Gasteiger partial charge in [0.15, 0.2) is 0 Å². The van der Waals surface area contributed by atoms with Crippen molar-refractivity contribution in [2.24, 2.45) is 5.92 Å². The van der Waals surface area contributed by atoms with Crippen LogP contribution in [0.2, 0.25) is 10.0 Å². The molecule has 1 atom stereocenters. The molecule has 0 spiro atoms. The first-order chi connectivity index (χ1) is 9.70. The van der Waals surface area contributed by atoms with Crippen LogP contribution in [0, 0.1) is 5.92 Å². The van der Waals surface area contributed by atoms with Crippen LogP contribution < -0.4 is 5.32 Å². The van der Waals surface area contributed by atoms with E-state index in [0.29, 0.717) is 6.04 Å². The number of halogens is 2. The minimum atomic E-state index is 0.468. The van der Waals surface area contributed by atoms with E-state index in [0.717, 1.165) is 27.9 Å². The lowest BCUT2D eigenvalue weighted by Crippen LogP contribution is -2.30. The zero-order valence-corrected chi connectivity index (χ0v) is 13.8. The van der Waals surface area contributed by atoms with Crippen LogP contribution in [-0.2, 0) is 6.42 Å². The monoisotopic (exact) mass is 313 g/mol. The largest absolute Gasteiger partial charge is 0.317 e. The molecule has 1 aromatic carbocycles. The first-order valence-electron chi connectivity index (χ1n) is 7.81. The molecule has 3 heteroatoms. The van der Waals surface area contributed by atoms with Crippen molar-refractivity contribution in [3.63, 3.8) is 0 Å². The minimum absolute atomic E-state index is 0.468. The summed E-state index contributed by atoms with van der Waals surface area (Å²) in [4.78, 5) is 0. The normalized spacial score (nSPS) is 18.8. The van der Waals surface area contributed by atoms with Crippen molar-refractivity contribution in [3.05, 3.63) is 33.8 Å². The van der Waals surface area contributed by atoms with Crippen LogP contribution in [0.25, 0.3) is 0 Å². The second kappa shape index (κ2) is 8.26. The summed E-state index contributed by atoms with van der Waals surface area (Å²) in [6, 6.07) is 6.24. The fourth-order valence-corrected chi connectivity index (χ4v) is 3.83. The molecule has 112 valence electrons. The number of nitrogens with one attached hydrogen (secondary N) is 1. The third kappa shape index (κ3) is 4.65. The summed E-state index contributed by atoms with van der Waals surface area (Å²) in [6.45, 7) is 0. The topological polar surface area (TPSA) is 12.0 Å². The molecule has 2 rings (SSSR count). The quantitative estimate of drug-likeness (QED) is 0.709. The Bertz CT molecular complexity index is 391. The van der Waals surface area contributed by atoms with Gasteiger partial charge in [-0.3, -0.25) is 0 Å². The summed E-state index contributed by atoms with van der Waals surface area (Å²) in [5.41, 5.74) is 1.09. The van der Waals surface area contributed by atoms with E-state index in [2.05, 4.69) is 5.32 Å². The summed E-state index contributed by atoms with van der Waals surface area (Å²) in [5, 5.41) is 5.04. The molecular weight excluding hydrogens is 289 g/mol. The van der Waals surface area contributed by atoms with Gasteiger partial charge in [-0.25, -0.2) is 0 Å². The average molecular weight is 314 g/mol. The van der Waals surface area contributed by atoms with Crippen molar-refractivity contribution in [2.45, 2.75) is 57.4 Å². The molecule has 1 N–H and O–H groups in total. The van der Waals surface area contributed by atoms with E-state index in [1.54, 1.807) is 0 Å². The molecule has 0 radical (unpaired) electrons. The van der Waals surface area contributed by atoms with Crippen LogP contribution in [0.4, 0.5) is 0 Å². The van der Waals surface area contributed by atoms with Crippen molar-refractivity contribution >= 4 is 23.2 Å². The van der Waals surface area contributed by atoms with Crippen molar-refractivity contribution in [2.75, 3.05) is 7.05 Å². The standard InChI is InChI=1S/C17H25Cl2N/c1-20-14(11-13-7-4-2-3-5-8-13)12-15-16(18)9-6-10-17(15)19/h6,9-10,13-14,20H,2-5,7-8,11-12H2,1H3. The Balaban J connectivity index is 1.97. The predicted molar refractivity (Wildman–Crippen MR) is 88.8 cm³/mol. The van der Waals surface area contributed by atoms with Crippen molar-refractivity contribution in [3.8, 4) is 0 Å². The molecule has 1 unspecified atom stereocenters. The van der Waals surface area contributed by atoms with Crippen molar-refractivity contribution in [1.82, 2.24) is 5.32 Å². The van der Waals surface area contributed by atoms with E-state index in [1.807, 2.05) is 25.2 Å². The maximum Gasteiger partial charge on any atom is 0.0453 e. The van der Waals surface area contributed by atoms with Crippen LogP contribution >= 0.6 is 23.2 Å². The molecule has 1 nitrogen and oxygen atoms in total. The van der Waals surface area contributed by atoms with Gasteiger partial charge in [-0.15, -0.1) is 0 Å². The average Bonchev–Trinajstić information content (AvgIpc) is 2.70. The highest BCUT2D eigenvalue weighted by molar-refractivity contribution is 6.35. The second-order valence-corrected chi connectivity index (χ2v) is 6.80. The van der Waals surface area contributed by atoms with Gasteiger partial charge in [-0.2, -0.15) is 0 Å². The molecule has 1 fully saturated rings. The molecule has 0 bridgehead atoms. The van der Waals surface area contributed by atoms with Crippen LogP contribution in [0.15, 0.2) is 18.2 Å². The molecule has 0 heterocycles. The lowest BCUT2D eigenvalue weighted by molar-refractivity contribution is 0.361. The van der Waals surface area contributed by atoms with Crippen LogP contribution in [0.5, 0.6) is 0 Å². The van der Waals surface area contributed by atoms with Gasteiger partial charge >= 0.3 is 0 Å². The first-order valence-corrected chi connectivity index (χ1v) is 8.56. The molecule has 1 aromatic rings. The number of rotatable bonds is 5. The highest BCUT2D eigenvalue weighted by Crippen LogP contribution is 2.30. The molecule has 0 saturated heterocycles. The molecule has 0 aromatic heterocycles. The van der Waals surface area contributed by atoms with Gasteiger partial charge in [0.1, 0.15) is 0 Å². The van der Waals surface area contributed by atoms with Crippen molar-refractivity contribution in [1.29, 1.82) is 0 Å². The summed E-state index contributed by atoms with van der Waals surface area (Å²) in [5.74, 6) is 0.858. The Labute approximate surface area is 133 Å². The fraction of sp³-hybridized carbons (Fsp3) is 0.647. The van der Waals surface area contributed by atoms with Gasteiger partial charge in [-0.05, 0) is 43.5 Å². The lowest BCUT2D eigenvalue weighted by Gasteiger charge is -2.23. The number of likely N-dealkylation sites (N-methyl/N-ethyl adjacent to an activating group) is 1. The van der Waals surface area contributed by atoms with Crippen LogP contribution in [0.3, 0.4) is 0 Å². The number of hydrogen-bond acceptors (Lipinski definition) is 1. The van der Waals surface area contributed by atoms with E-state index in [4.69, 9.17) is 23.2 Å². The first kappa shape index (κ1) is 16.1. The van der Waals surface area contributed by atoms with E-state index < -0.39 is 0 Å². The van der Waals surface area contributed by atoms with Crippen LogP contribution in [0.1, 0.15) is 50.5 Å². The van der Waals surface area contributed by atoms with Crippen molar-refractivity contribution < 1.29 is 0 Å². The fourth-order valence-electron chi connectivity index (χ4n) is 3.28. The smallest absolute Gasteiger partial charge is 0.0453 e. The zero-order valence-electron chi connectivity index (χ0n) is 12.3. The van der Waals surface area contributed by atoms with Gasteiger partial charge in [0.2, 0.25) is 0 Å². The number of hydrogen-bond donors (Lipinski definition) is 1. The Morgan fingerprint density at radius 3 is 2.25 bits per heavy atom. The van der Waals surface area contributed by atoms with Gasteiger partial charge in [0.05, 0.1) is 0 Å². The minimum Gasteiger partial charge on any atom is -0.317 e. The lowest BCUT2D eigenvalue weighted by atomic mass is 9.90. The Morgan fingerprint density at radius 2 is 1.70 bits per heavy atom. The summed E-state index contributed by atoms with van der Waals surface area (Å²) >= 11 is 12.6. The molecule has 1 aliphatic carbocycles. The van der Waals surface area contributed by atoms with Gasteiger partial charge in [0.25, 0.3) is 0 Å². The van der Waals surface area contributed by atoms with Gasteiger partial charge in [-0.1, -0.05) is 67.8 Å². The molecule has 1 saturated carbocycles. The third-order valence-electron chi connectivity index (χ3n) is 4.51. The maximum atomic E-state index is 6.29. The summed E-state index contributed by atoms with van der Waals surface area (Å²) < 4.78 is 0. The van der Waals surface area contributed by atoms with E-state index in [9.17, 15) is 0 Å². The van der Waals surface area contributed by atoms with E-state index >= 15 is 0 Å². The Kier molecular flexibility index (Phi) is 6.67. The molecular formula is C17H25Cl2N. The zero-order chi connectivity index (χ0) is 14.4. The molecule has 20 heavy (non-hydrogen) atoms. The predicted octanol–water partition coefficient (Wildman–Crippen LogP) is 5.48. The van der Waals surface area contributed by atoms with E-state index in [1.165, 1.54) is 44.9 Å².